The summed E-state index contributed by atoms with van der Waals surface area (Å²) in [5.41, 5.74) is 7.60. The quantitative estimate of drug-likeness (QED) is 0.525. The van der Waals surface area contributed by atoms with Gasteiger partial charge in [-0.1, -0.05) is 25.1 Å². The first kappa shape index (κ1) is 13.2. The van der Waals surface area contributed by atoms with Crippen molar-refractivity contribution in [3.05, 3.63) is 10.4 Å². The number of nitrogens with zero attached hydrogens (tertiary/aromatic N) is 2. The number of thiophene rings is 1. The Morgan fingerprint density at radius 2 is 2.11 bits per heavy atom. The fourth-order valence-corrected chi connectivity index (χ4v) is 4.80. The molecule has 2 N–H and O–H groups in total. The molecule has 0 amide bonds. The van der Waals surface area contributed by atoms with Crippen molar-refractivity contribution in [2.75, 3.05) is 11.5 Å². The van der Waals surface area contributed by atoms with E-state index in [0.717, 1.165) is 27.5 Å². The summed E-state index contributed by atoms with van der Waals surface area (Å²) in [6.07, 6.45) is 7.31. The van der Waals surface area contributed by atoms with Crippen LogP contribution in [0.25, 0.3) is 10.2 Å². The average molecular weight is 293 g/mol. The topological polar surface area (TPSA) is 51.8 Å². The fourth-order valence-electron chi connectivity index (χ4n) is 2.54. The SMILES string of the molecule is CCCCSc1nc(N)c2c3c(sc2n1)CCCC3. The van der Waals surface area contributed by atoms with Gasteiger partial charge in [0.05, 0.1) is 5.39 Å². The Morgan fingerprint density at radius 3 is 2.95 bits per heavy atom. The molecular weight excluding hydrogens is 274 g/mol. The number of rotatable bonds is 4. The van der Waals surface area contributed by atoms with Crippen molar-refractivity contribution in [1.29, 1.82) is 0 Å². The smallest absolute Gasteiger partial charge is 0.190 e. The van der Waals surface area contributed by atoms with E-state index >= 15 is 0 Å². The summed E-state index contributed by atoms with van der Waals surface area (Å²) < 4.78 is 0. The lowest BCUT2D eigenvalue weighted by molar-refractivity contribution is 0.700. The molecule has 0 saturated carbocycles. The van der Waals surface area contributed by atoms with Crippen LogP contribution < -0.4 is 5.73 Å². The number of unbranched alkanes of at least 4 members (excludes halogenated alkanes) is 1. The second kappa shape index (κ2) is 5.67. The molecule has 1 aliphatic carbocycles. The second-order valence-corrected chi connectivity index (χ2v) is 7.13. The fraction of sp³-hybridized carbons (Fsp3) is 0.571. The highest BCUT2D eigenvalue weighted by Gasteiger charge is 2.19. The molecule has 0 saturated heterocycles. The summed E-state index contributed by atoms with van der Waals surface area (Å²) in [6.45, 7) is 2.20. The molecule has 0 bridgehead atoms. The maximum absolute atomic E-state index is 6.17. The molecule has 0 aromatic carbocycles. The zero-order valence-corrected chi connectivity index (χ0v) is 12.9. The van der Waals surface area contributed by atoms with Crippen LogP contribution in [0.2, 0.25) is 0 Å². The van der Waals surface area contributed by atoms with E-state index in [0.29, 0.717) is 5.82 Å². The zero-order valence-electron chi connectivity index (χ0n) is 11.2. The minimum atomic E-state index is 0.684. The maximum atomic E-state index is 6.17. The van der Waals surface area contributed by atoms with Gasteiger partial charge in [0.25, 0.3) is 0 Å². The van der Waals surface area contributed by atoms with Gasteiger partial charge in [-0.25, -0.2) is 9.97 Å². The van der Waals surface area contributed by atoms with E-state index in [-0.39, 0.29) is 0 Å². The molecule has 5 heteroatoms. The average Bonchev–Trinajstić information content (AvgIpc) is 2.77. The summed E-state index contributed by atoms with van der Waals surface area (Å²) in [7, 11) is 0. The van der Waals surface area contributed by atoms with Gasteiger partial charge in [0, 0.05) is 10.6 Å². The van der Waals surface area contributed by atoms with E-state index < -0.39 is 0 Å². The van der Waals surface area contributed by atoms with Crippen LogP contribution in [0.3, 0.4) is 0 Å². The van der Waals surface area contributed by atoms with Crippen molar-refractivity contribution >= 4 is 39.1 Å². The summed E-state index contributed by atoms with van der Waals surface area (Å²) in [6, 6.07) is 0. The van der Waals surface area contributed by atoms with Crippen LogP contribution in [0.5, 0.6) is 0 Å². The van der Waals surface area contributed by atoms with Crippen LogP contribution >= 0.6 is 23.1 Å². The number of anilines is 1. The number of aryl methyl sites for hydroxylation is 2. The normalized spacial score (nSPS) is 14.8. The molecule has 0 fully saturated rings. The number of hydrogen-bond acceptors (Lipinski definition) is 5. The number of nitrogen functional groups attached to an aromatic ring is 1. The minimum absolute atomic E-state index is 0.684. The standard InChI is InChI=1S/C14H19N3S2/c1-2-3-8-18-14-16-12(15)11-9-6-4-5-7-10(9)19-13(11)17-14/h2-8H2,1H3,(H2,15,16,17). The summed E-state index contributed by atoms with van der Waals surface area (Å²) >= 11 is 3.55. The molecular formula is C14H19N3S2. The van der Waals surface area contributed by atoms with Crippen molar-refractivity contribution in [2.45, 2.75) is 50.6 Å². The Hall–Kier alpha value is -0.810. The number of aromatic nitrogens is 2. The van der Waals surface area contributed by atoms with Crippen LogP contribution in [-0.4, -0.2) is 15.7 Å². The molecule has 2 aromatic rings. The monoisotopic (exact) mass is 293 g/mol. The van der Waals surface area contributed by atoms with E-state index in [1.165, 1.54) is 42.5 Å². The highest BCUT2D eigenvalue weighted by Crippen LogP contribution is 2.38. The largest absolute Gasteiger partial charge is 0.383 e. The first-order chi connectivity index (χ1) is 9.29. The molecule has 0 aliphatic heterocycles. The van der Waals surface area contributed by atoms with Crippen molar-refractivity contribution in [3.63, 3.8) is 0 Å². The summed E-state index contributed by atoms with van der Waals surface area (Å²) in [5.74, 6) is 1.76. The first-order valence-corrected chi connectivity index (χ1v) is 8.80. The van der Waals surface area contributed by atoms with Gasteiger partial charge in [0.2, 0.25) is 0 Å². The summed E-state index contributed by atoms with van der Waals surface area (Å²) in [5, 5.41) is 1.98. The molecule has 2 aromatic heterocycles. The van der Waals surface area contributed by atoms with Gasteiger partial charge >= 0.3 is 0 Å². The maximum Gasteiger partial charge on any atom is 0.190 e. The predicted octanol–water partition coefficient (Wildman–Crippen LogP) is 4.04. The molecule has 0 unspecified atom stereocenters. The van der Waals surface area contributed by atoms with E-state index in [1.54, 1.807) is 11.8 Å². The Labute approximate surface area is 122 Å². The minimum Gasteiger partial charge on any atom is -0.383 e. The van der Waals surface area contributed by atoms with Gasteiger partial charge < -0.3 is 5.73 Å². The molecule has 102 valence electrons. The predicted molar refractivity (Wildman–Crippen MR) is 84.1 cm³/mol. The molecule has 3 rings (SSSR count). The van der Waals surface area contributed by atoms with Crippen LogP contribution in [0, 0.1) is 0 Å². The molecule has 3 nitrogen and oxygen atoms in total. The van der Waals surface area contributed by atoms with E-state index in [9.17, 15) is 0 Å². The van der Waals surface area contributed by atoms with Crippen molar-refractivity contribution in [2.24, 2.45) is 0 Å². The van der Waals surface area contributed by atoms with Gasteiger partial charge in [0.1, 0.15) is 10.6 Å². The lowest BCUT2D eigenvalue weighted by Crippen LogP contribution is -2.01. The molecule has 2 heterocycles. The highest BCUT2D eigenvalue weighted by molar-refractivity contribution is 7.99. The van der Waals surface area contributed by atoms with Crippen molar-refractivity contribution < 1.29 is 0 Å². The zero-order chi connectivity index (χ0) is 13.2. The molecule has 0 atom stereocenters. The lowest BCUT2D eigenvalue weighted by atomic mass is 9.97. The Bertz CT molecular complexity index is 592. The van der Waals surface area contributed by atoms with Gasteiger partial charge in [-0.2, -0.15) is 0 Å². The molecule has 1 aliphatic rings. The third kappa shape index (κ3) is 2.58. The molecule has 0 radical (unpaired) electrons. The summed E-state index contributed by atoms with van der Waals surface area (Å²) in [4.78, 5) is 11.8. The van der Waals surface area contributed by atoms with Gasteiger partial charge in [0.15, 0.2) is 5.16 Å². The Morgan fingerprint density at radius 1 is 1.26 bits per heavy atom. The highest BCUT2D eigenvalue weighted by atomic mass is 32.2. The second-order valence-electron chi connectivity index (χ2n) is 4.98. The van der Waals surface area contributed by atoms with E-state index in [4.69, 9.17) is 10.7 Å². The first-order valence-electron chi connectivity index (χ1n) is 7.00. The van der Waals surface area contributed by atoms with Crippen LogP contribution in [0.1, 0.15) is 43.0 Å². The number of fused-ring (bicyclic) bond motifs is 3. The number of hydrogen-bond donors (Lipinski definition) is 1. The number of nitrogens with two attached hydrogens (primary N) is 1. The molecule has 19 heavy (non-hydrogen) atoms. The van der Waals surface area contributed by atoms with Crippen LogP contribution in [0.15, 0.2) is 5.16 Å². The van der Waals surface area contributed by atoms with Gasteiger partial charge in [-0.3, -0.25) is 0 Å². The van der Waals surface area contributed by atoms with E-state index in [2.05, 4.69) is 11.9 Å². The van der Waals surface area contributed by atoms with Crippen molar-refractivity contribution in [3.8, 4) is 0 Å². The lowest BCUT2D eigenvalue weighted by Gasteiger charge is -2.10. The van der Waals surface area contributed by atoms with Gasteiger partial charge in [-0.15, -0.1) is 11.3 Å². The third-order valence-corrected chi connectivity index (χ3v) is 5.67. The Balaban J connectivity index is 1.97. The van der Waals surface area contributed by atoms with Crippen LogP contribution in [-0.2, 0) is 12.8 Å². The number of thioether (sulfide) groups is 1. The van der Waals surface area contributed by atoms with E-state index in [1.807, 2.05) is 11.3 Å². The van der Waals surface area contributed by atoms with Crippen molar-refractivity contribution in [1.82, 2.24) is 9.97 Å². The van der Waals surface area contributed by atoms with Gasteiger partial charge in [-0.05, 0) is 37.7 Å². The Kier molecular flexibility index (Phi) is 3.93. The third-order valence-electron chi connectivity index (χ3n) is 3.55. The van der Waals surface area contributed by atoms with Crippen LogP contribution in [0.4, 0.5) is 5.82 Å². The molecule has 0 spiro atoms.